The van der Waals surface area contributed by atoms with Crippen LogP contribution in [0.2, 0.25) is 0 Å². The van der Waals surface area contributed by atoms with Crippen LogP contribution >= 0.6 is 0 Å². The van der Waals surface area contributed by atoms with Gasteiger partial charge in [0, 0.05) is 12.8 Å². The largest absolute Gasteiger partial charge is 0.444 e. The number of likely N-dealkylation sites (tertiary alicyclic amines) is 1. The zero-order valence-corrected chi connectivity index (χ0v) is 10.8. The molecule has 0 aromatic carbocycles. The molecule has 0 aromatic rings. The summed E-state index contributed by atoms with van der Waals surface area (Å²) in [7, 11) is 0. The Hall–Kier alpha value is -0.680. The molecule has 1 aliphatic rings. The maximum atomic E-state index is 8.00. The quantitative estimate of drug-likeness (QED) is 0.425. The fraction of sp³-hybridized carbons (Fsp3) is 1.00. The minimum absolute atomic E-state index is 0.370. The first kappa shape index (κ1) is 15.3. The number of hydrogen-bond donors (Lipinski definition) is 0. The van der Waals surface area contributed by atoms with Crippen LogP contribution in [0.1, 0.15) is 40.5 Å². The van der Waals surface area contributed by atoms with Crippen molar-refractivity contribution in [3.8, 4) is 0 Å². The summed E-state index contributed by atoms with van der Waals surface area (Å²) in [4.78, 5) is 8.00. The summed E-state index contributed by atoms with van der Waals surface area (Å²) >= 11 is 0. The third kappa shape index (κ3) is 4.90. The van der Waals surface area contributed by atoms with E-state index in [2.05, 4.69) is 27.7 Å². The average Bonchev–Trinajstić information content (AvgIpc) is 2.65. The van der Waals surface area contributed by atoms with Gasteiger partial charge in [-0.2, -0.15) is 0 Å². The van der Waals surface area contributed by atoms with E-state index in [-0.39, 0.29) is 0 Å². The molecule has 0 bridgehead atoms. The Balaban J connectivity index is 0.000000673. The van der Waals surface area contributed by atoms with Gasteiger partial charge in [-0.05, 0) is 27.7 Å². The van der Waals surface area contributed by atoms with Crippen molar-refractivity contribution < 1.29 is 9.22 Å². The highest BCUT2D eigenvalue weighted by atomic mass is 16.6. The van der Waals surface area contributed by atoms with E-state index < -0.39 is 0 Å². The second kappa shape index (κ2) is 7.57. The van der Waals surface area contributed by atoms with Crippen molar-refractivity contribution in [3.05, 3.63) is 10.1 Å². The van der Waals surface area contributed by atoms with Crippen LogP contribution in [0.25, 0.3) is 0 Å². The molecule has 96 valence electrons. The van der Waals surface area contributed by atoms with Gasteiger partial charge in [0.25, 0.3) is 0 Å². The summed E-state index contributed by atoms with van der Waals surface area (Å²) < 4.78 is 6.94. The Kier molecular flexibility index (Phi) is 7.25. The summed E-state index contributed by atoms with van der Waals surface area (Å²) in [5.41, 5.74) is 0. The highest BCUT2D eigenvalue weighted by Crippen LogP contribution is 2.23. The first-order valence-electron chi connectivity index (χ1n) is 5.91. The van der Waals surface area contributed by atoms with Gasteiger partial charge in [-0.1, -0.05) is 0 Å². The van der Waals surface area contributed by atoms with E-state index >= 15 is 0 Å². The number of ether oxygens (including phenoxy) is 1. The van der Waals surface area contributed by atoms with Gasteiger partial charge in [0.05, 0.1) is 25.2 Å². The van der Waals surface area contributed by atoms with Crippen LogP contribution in [0.5, 0.6) is 0 Å². The zero-order chi connectivity index (χ0) is 12.6. The van der Waals surface area contributed by atoms with Crippen LogP contribution in [-0.2, 0) is 4.74 Å². The Morgan fingerprint density at radius 1 is 1.25 bits per heavy atom. The number of quaternary nitrogens is 1. The second-order valence-corrected chi connectivity index (χ2v) is 4.89. The molecular weight excluding hydrogens is 208 g/mol. The van der Waals surface area contributed by atoms with E-state index in [1.807, 2.05) is 0 Å². The molecule has 0 aliphatic carbocycles. The van der Waals surface area contributed by atoms with Crippen molar-refractivity contribution in [2.75, 3.05) is 19.8 Å². The number of nitrogens with zero attached hydrogens (tertiary/aromatic N) is 2. The Labute approximate surface area is 97.9 Å². The molecule has 1 heterocycles. The molecule has 5 heteroatoms. The molecule has 1 rings (SSSR count). The summed E-state index contributed by atoms with van der Waals surface area (Å²) in [6.45, 7) is 12.4. The lowest BCUT2D eigenvalue weighted by Crippen LogP contribution is -2.52. The zero-order valence-electron chi connectivity index (χ0n) is 10.8. The molecule has 0 saturated carbocycles. The normalized spacial score (nSPS) is 18.4. The summed E-state index contributed by atoms with van der Waals surface area (Å²) in [5, 5.41) is 9.00. The molecule has 1 saturated heterocycles. The molecule has 0 aromatic heterocycles. The van der Waals surface area contributed by atoms with Crippen molar-refractivity contribution in [1.82, 2.24) is 0 Å². The van der Waals surface area contributed by atoms with Crippen molar-refractivity contribution >= 4 is 0 Å². The number of hydrogen-bond acceptors (Lipinski definition) is 4. The fourth-order valence-electron chi connectivity index (χ4n) is 2.06. The van der Waals surface area contributed by atoms with E-state index in [4.69, 9.17) is 14.9 Å². The Bertz CT molecular complexity index is 190. The van der Waals surface area contributed by atoms with Crippen LogP contribution in [0.15, 0.2) is 5.34 Å². The topological polar surface area (TPSA) is 61.7 Å². The predicted octanol–water partition coefficient (Wildman–Crippen LogP) is 2.64. The molecule has 0 amide bonds. The molecule has 0 spiro atoms. The van der Waals surface area contributed by atoms with E-state index in [1.54, 1.807) is 0 Å². The van der Waals surface area contributed by atoms with Gasteiger partial charge in [0.15, 0.2) is 6.73 Å². The predicted molar refractivity (Wildman–Crippen MR) is 64.6 cm³/mol. The van der Waals surface area contributed by atoms with E-state index in [1.165, 1.54) is 30.4 Å². The summed E-state index contributed by atoms with van der Waals surface area (Å²) in [6.07, 6.45) is 3.12. The van der Waals surface area contributed by atoms with Crippen LogP contribution in [0.4, 0.5) is 0 Å². The van der Waals surface area contributed by atoms with Gasteiger partial charge in [0.1, 0.15) is 0 Å². The lowest BCUT2D eigenvalue weighted by molar-refractivity contribution is -0.954. The molecule has 5 nitrogen and oxygen atoms in total. The summed E-state index contributed by atoms with van der Waals surface area (Å²) in [6, 6.07) is 0.709. The molecule has 1 fully saturated rings. The average molecular weight is 232 g/mol. The van der Waals surface area contributed by atoms with Crippen LogP contribution in [-0.4, -0.2) is 36.4 Å². The SMILES string of the molecule is CC(C)OC[N+]1(C(C)C)CCCC1.O=N[O-]. The third-order valence-corrected chi connectivity index (χ3v) is 3.22. The van der Waals surface area contributed by atoms with Gasteiger partial charge >= 0.3 is 0 Å². The van der Waals surface area contributed by atoms with Gasteiger partial charge in [-0.15, -0.1) is 5.34 Å². The highest BCUT2D eigenvalue weighted by molar-refractivity contribution is 4.56. The van der Waals surface area contributed by atoms with Crippen LogP contribution < -0.4 is 0 Å². The standard InChI is InChI=1S/C11H24NO.HNO2/c1-10(2)12(7-5-6-8-12)9-13-11(3)4;2-1-3/h10-11H,5-9H2,1-4H3;(H,2,3)/q+1;/p-1. The van der Waals surface area contributed by atoms with Gasteiger partial charge < -0.3 is 14.9 Å². The minimum Gasteiger partial charge on any atom is -0.444 e. The van der Waals surface area contributed by atoms with Crippen molar-refractivity contribution in [3.63, 3.8) is 0 Å². The second-order valence-electron chi connectivity index (χ2n) is 4.89. The first-order chi connectivity index (χ1) is 7.48. The molecular formula is C11H24N2O3. The molecule has 0 atom stereocenters. The van der Waals surface area contributed by atoms with Crippen molar-refractivity contribution in [1.29, 1.82) is 0 Å². The fourth-order valence-corrected chi connectivity index (χ4v) is 2.06. The minimum atomic E-state index is 0.370. The maximum absolute atomic E-state index is 8.00. The molecule has 0 radical (unpaired) electrons. The van der Waals surface area contributed by atoms with Crippen LogP contribution in [0, 0.1) is 10.1 Å². The first-order valence-corrected chi connectivity index (χ1v) is 5.91. The van der Waals surface area contributed by atoms with E-state index in [0.29, 0.717) is 12.1 Å². The van der Waals surface area contributed by atoms with Gasteiger partial charge in [-0.25, -0.2) is 0 Å². The lowest BCUT2D eigenvalue weighted by Gasteiger charge is -2.38. The lowest BCUT2D eigenvalue weighted by atomic mass is 10.3. The van der Waals surface area contributed by atoms with E-state index in [0.717, 1.165) is 12.1 Å². The van der Waals surface area contributed by atoms with Gasteiger partial charge in [0.2, 0.25) is 0 Å². The van der Waals surface area contributed by atoms with E-state index in [9.17, 15) is 0 Å². The van der Waals surface area contributed by atoms with Gasteiger partial charge in [-0.3, -0.25) is 4.48 Å². The molecule has 16 heavy (non-hydrogen) atoms. The maximum Gasteiger partial charge on any atom is 0.183 e. The Morgan fingerprint density at radius 2 is 1.69 bits per heavy atom. The summed E-state index contributed by atoms with van der Waals surface area (Å²) in [5.74, 6) is 0. The number of rotatable bonds is 4. The monoisotopic (exact) mass is 232 g/mol. The Morgan fingerprint density at radius 3 is 2.00 bits per heavy atom. The van der Waals surface area contributed by atoms with Crippen LogP contribution in [0.3, 0.4) is 0 Å². The third-order valence-electron chi connectivity index (χ3n) is 3.22. The van der Waals surface area contributed by atoms with Crippen molar-refractivity contribution in [2.45, 2.75) is 52.7 Å². The van der Waals surface area contributed by atoms with Crippen molar-refractivity contribution in [2.24, 2.45) is 5.34 Å². The smallest absolute Gasteiger partial charge is 0.183 e. The molecule has 0 N–H and O–H groups in total. The molecule has 1 aliphatic heterocycles. The molecule has 0 unspecified atom stereocenters. The highest BCUT2D eigenvalue weighted by Gasteiger charge is 2.35.